The third-order valence-electron chi connectivity index (χ3n) is 3.56. The third kappa shape index (κ3) is 2.09. The number of nitro groups is 1. The summed E-state index contributed by atoms with van der Waals surface area (Å²) in [6.45, 7) is 1.15. The fourth-order valence-electron chi connectivity index (χ4n) is 2.64. The van der Waals surface area contributed by atoms with Gasteiger partial charge in [0, 0.05) is 42.5 Å². The van der Waals surface area contributed by atoms with Gasteiger partial charge in [-0.25, -0.2) is 0 Å². The van der Waals surface area contributed by atoms with E-state index < -0.39 is 4.92 Å². The molecule has 0 spiro atoms. The minimum atomic E-state index is -0.395. The SMILES string of the molecule is O=C1CCCN(c2ccc([N+](=O)[O-])c3ccncc23)C1. The Morgan fingerprint density at radius 3 is 2.85 bits per heavy atom. The normalized spacial score (nSPS) is 15.6. The molecule has 6 heteroatoms. The van der Waals surface area contributed by atoms with E-state index in [0.717, 1.165) is 24.0 Å². The maximum absolute atomic E-state index is 11.6. The van der Waals surface area contributed by atoms with E-state index in [9.17, 15) is 14.9 Å². The molecule has 2 heterocycles. The Morgan fingerprint density at radius 2 is 2.10 bits per heavy atom. The van der Waals surface area contributed by atoms with Crippen molar-refractivity contribution >= 4 is 27.9 Å². The standard InChI is InChI=1S/C14H13N3O3/c18-10-2-1-7-16(9-10)13-3-4-14(17(19)20)11-5-6-15-8-12(11)13/h3-6,8H,1-2,7,9H2. The van der Waals surface area contributed by atoms with Crippen LogP contribution in [0.2, 0.25) is 0 Å². The maximum Gasteiger partial charge on any atom is 0.277 e. The fraction of sp³-hybridized carbons (Fsp3) is 0.286. The number of carbonyl (C=O) groups excluding carboxylic acids is 1. The quantitative estimate of drug-likeness (QED) is 0.618. The lowest BCUT2D eigenvalue weighted by atomic mass is 10.0. The molecule has 102 valence electrons. The first-order valence-electron chi connectivity index (χ1n) is 6.44. The largest absolute Gasteiger partial charge is 0.364 e. The van der Waals surface area contributed by atoms with Crippen LogP contribution in [0.4, 0.5) is 11.4 Å². The van der Waals surface area contributed by atoms with E-state index in [1.165, 1.54) is 6.07 Å². The van der Waals surface area contributed by atoms with E-state index in [0.29, 0.717) is 18.4 Å². The molecular weight excluding hydrogens is 258 g/mol. The summed E-state index contributed by atoms with van der Waals surface area (Å²) < 4.78 is 0. The number of nitro benzene ring substituents is 1. The number of benzene rings is 1. The van der Waals surface area contributed by atoms with Gasteiger partial charge < -0.3 is 4.90 Å². The van der Waals surface area contributed by atoms with Crippen molar-refractivity contribution in [2.45, 2.75) is 12.8 Å². The van der Waals surface area contributed by atoms with Gasteiger partial charge in [-0.2, -0.15) is 0 Å². The van der Waals surface area contributed by atoms with Gasteiger partial charge in [0.15, 0.2) is 5.78 Å². The summed E-state index contributed by atoms with van der Waals surface area (Å²) in [5.74, 6) is 0.201. The second-order valence-electron chi connectivity index (χ2n) is 4.85. The molecule has 1 aromatic heterocycles. The molecule has 2 aromatic rings. The van der Waals surface area contributed by atoms with Crippen LogP contribution < -0.4 is 4.90 Å². The zero-order valence-corrected chi connectivity index (χ0v) is 10.8. The number of rotatable bonds is 2. The monoisotopic (exact) mass is 271 g/mol. The molecule has 3 rings (SSSR count). The van der Waals surface area contributed by atoms with Gasteiger partial charge in [0.2, 0.25) is 0 Å². The molecule has 6 nitrogen and oxygen atoms in total. The van der Waals surface area contributed by atoms with Crippen molar-refractivity contribution in [1.29, 1.82) is 0 Å². The van der Waals surface area contributed by atoms with Crippen LogP contribution in [0.15, 0.2) is 30.6 Å². The summed E-state index contributed by atoms with van der Waals surface area (Å²) in [4.78, 5) is 28.3. The Bertz CT molecular complexity index is 699. The Balaban J connectivity index is 2.15. The van der Waals surface area contributed by atoms with Crippen molar-refractivity contribution in [2.75, 3.05) is 18.0 Å². The van der Waals surface area contributed by atoms with Crippen molar-refractivity contribution in [3.63, 3.8) is 0 Å². The number of Topliss-reactive ketones (excluding diaryl/α,β-unsaturated/α-hetero) is 1. The average molecular weight is 271 g/mol. The number of hydrogen-bond acceptors (Lipinski definition) is 5. The topological polar surface area (TPSA) is 76.3 Å². The Labute approximate surface area is 115 Å². The molecule has 1 aliphatic heterocycles. The van der Waals surface area contributed by atoms with Gasteiger partial charge in [0.05, 0.1) is 16.9 Å². The molecule has 1 saturated heterocycles. The predicted molar refractivity (Wildman–Crippen MR) is 74.9 cm³/mol. The molecule has 0 unspecified atom stereocenters. The van der Waals surface area contributed by atoms with Crippen molar-refractivity contribution in [3.8, 4) is 0 Å². The number of non-ortho nitro benzene ring substituents is 1. The highest BCUT2D eigenvalue weighted by Crippen LogP contribution is 2.33. The highest BCUT2D eigenvalue weighted by atomic mass is 16.6. The maximum atomic E-state index is 11.6. The summed E-state index contributed by atoms with van der Waals surface area (Å²) in [7, 11) is 0. The third-order valence-corrected chi connectivity index (χ3v) is 3.56. The van der Waals surface area contributed by atoms with E-state index in [1.54, 1.807) is 24.5 Å². The molecule has 0 bridgehead atoms. The molecule has 20 heavy (non-hydrogen) atoms. The van der Waals surface area contributed by atoms with Gasteiger partial charge in [-0.15, -0.1) is 0 Å². The van der Waals surface area contributed by atoms with Gasteiger partial charge in [-0.05, 0) is 18.6 Å². The Morgan fingerprint density at radius 1 is 1.25 bits per heavy atom. The molecule has 0 N–H and O–H groups in total. The number of fused-ring (bicyclic) bond motifs is 1. The zero-order chi connectivity index (χ0) is 14.1. The molecule has 0 radical (unpaired) electrons. The summed E-state index contributed by atoms with van der Waals surface area (Å²) in [5.41, 5.74) is 0.904. The smallest absolute Gasteiger partial charge is 0.277 e. The Kier molecular flexibility index (Phi) is 3.06. The number of carbonyl (C=O) groups is 1. The lowest BCUT2D eigenvalue weighted by molar-refractivity contribution is -0.383. The van der Waals surface area contributed by atoms with Gasteiger partial charge in [-0.1, -0.05) is 0 Å². The lowest BCUT2D eigenvalue weighted by Gasteiger charge is -2.28. The molecular formula is C14H13N3O3. The van der Waals surface area contributed by atoms with Crippen LogP contribution in [0.5, 0.6) is 0 Å². The van der Waals surface area contributed by atoms with Crippen LogP contribution in [-0.2, 0) is 4.79 Å². The summed E-state index contributed by atoms with van der Waals surface area (Å²) in [6.07, 6.45) is 4.59. The number of nitrogens with zero attached hydrogens (tertiary/aromatic N) is 3. The molecule has 1 fully saturated rings. The summed E-state index contributed by atoms with van der Waals surface area (Å²) in [5, 5.41) is 12.3. The van der Waals surface area contributed by atoms with E-state index in [4.69, 9.17) is 0 Å². The molecule has 1 aliphatic rings. The van der Waals surface area contributed by atoms with Gasteiger partial charge in [0.1, 0.15) is 0 Å². The number of ketones is 1. The van der Waals surface area contributed by atoms with Crippen molar-refractivity contribution in [1.82, 2.24) is 4.98 Å². The molecule has 0 saturated carbocycles. The number of piperidine rings is 1. The predicted octanol–water partition coefficient (Wildman–Crippen LogP) is 2.31. The number of aromatic nitrogens is 1. The fourth-order valence-corrected chi connectivity index (χ4v) is 2.64. The van der Waals surface area contributed by atoms with Crippen molar-refractivity contribution < 1.29 is 9.72 Å². The number of pyridine rings is 1. The molecule has 0 atom stereocenters. The summed E-state index contributed by atoms with van der Waals surface area (Å²) in [6, 6.07) is 4.85. The van der Waals surface area contributed by atoms with E-state index in [-0.39, 0.29) is 11.5 Å². The minimum absolute atomic E-state index is 0.0643. The van der Waals surface area contributed by atoms with E-state index in [2.05, 4.69) is 4.98 Å². The van der Waals surface area contributed by atoms with E-state index in [1.807, 2.05) is 4.90 Å². The second-order valence-corrected chi connectivity index (χ2v) is 4.85. The van der Waals surface area contributed by atoms with Crippen LogP contribution in [0.1, 0.15) is 12.8 Å². The second kappa shape index (κ2) is 4.88. The van der Waals surface area contributed by atoms with Crippen molar-refractivity contribution in [2.24, 2.45) is 0 Å². The number of hydrogen-bond donors (Lipinski definition) is 0. The van der Waals surface area contributed by atoms with Gasteiger partial charge in [0.25, 0.3) is 5.69 Å². The van der Waals surface area contributed by atoms with Gasteiger partial charge in [-0.3, -0.25) is 19.9 Å². The molecule has 0 amide bonds. The first-order valence-corrected chi connectivity index (χ1v) is 6.44. The molecule has 1 aromatic carbocycles. The molecule has 0 aliphatic carbocycles. The minimum Gasteiger partial charge on any atom is -0.364 e. The summed E-state index contributed by atoms with van der Waals surface area (Å²) >= 11 is 0. The van der Waals surface area contributed by atoms with Crippen LogP contribution in [0.3, 0.4) is 0 Å². The van der Waals surface area contributed by atoms with Crippen molar-refractivity contribution in [3.05, 3.63) is 40.7 Å². The van der Waals surface area contributed by atoms with Crippen LogP contribution in [0.25, 0.3) is 10.8 Å². The van der Waals surface area contributed by atoms with Crippen LogP contribution in [-0.4, -0.2) is 28.8 Å². The van der Waals surface area contributed by atoms with E-state index >= 15 is 0 Å². The number of anilines is 1. The highest BCUT2D eigenvalue weighted by Gasteiger charge is 2.21. The van der Waals surface area contributed by atoms with Crippen LogP contribution >= 0.6 is 0 Å². The highest BCUT2D eigenvalue weighted by molar-refractivity contribution is 6.00. The van der Waals surface area contributed by atoms with Gasteiger partial charge >= 0.3 is 0 Å². The van der Waals surface area contributed by atoms with Crippen LogP contribution in [0, 0.1) is 10.1 Å². The first-order chi connectivity index (χ1) is 9.66. The average Bonchev–Trinajstić information content (AvgIpc) is 2.46. The zero-order valence-electron chi connectivity index (χ0n) is 10.8. The first kappa shape index (κ1) is 12.5. The lowest BCUT2D eigenvalue weighted by Crippen LogP contribution is -2.35. The Hall–Kier alpha value is -2.50.